The average molecular weight is 277 g/mol. The van der Waals surface area contributed by atoms with E-state index in [-0.39, 0.29) is 12.5 Å². The topological polar surface area (TPSA) is 38.8 Å². The largest absolute Gasteiger partial charge is 0.490 e. The van der Waals surface area contributed by atoms with E-state index in [1.54, 1.807) is 0 Å². The first kappa shape index (κ1) is 14.7. The highest BCUT2D eigenvalue weighted by atomic mass is 16.5. The van der Waals surface area contributed by atoms with Gasteiger partial charge in [-0.2, -0.15) is 0 Å². The summed E-state index contributed by atoms with van der Waals surface area (Å²) >= 11 is 0. The van der Waals surface area contributed by atoms with E-state index in [0.29, 0.717) is 18.1 Å². The minimum absolute atomic E-state index is 0.0585. The highest BCUT2D eigenvalue weighted by molar-refractivity contribution is 5.78. The van der Waals surface area contributed by atoms with Crippen LogP contribution in [0.5, 0.6) is 11.5 Å². The van der Waals surface area contributed by atoms with Crippen LogP contribution in [-0.2, 0) is 4.79 Å². The lowest BCUT2D eigenvalue weighted by Crippen LogP contribution is -2.40. The molecule has 1 aromatic carbocycles. The predicted molar refractivity (Wildman–Crippen MR) is 78.1 cm³/mol. The second-order valence-corrected chi connectivity index (χ2v) is 5.23. The molecule has 1 amide bonds. The van der Waals surface area contributed by atoms with E-state index in [4.69, 9.17) is 9.47 Å². The third kappa shape index (κ3) is 3.89. The molecule has 1 fully saturated rings. The number of likely N-dealkylation sites (tertiary alicyclic amines) is 1. The van der Waals surface area contributed by atoms with Crippen molar-refractivity contribution in [3.05, 3.63) is 24.3 Å². The molecular weight excluding hydrogens is 254 g/mol. The number of nitrogens with zero attached hydrogens (tertiary/aromatic N) is 1. The molecule has 1 aliphatic heterocycles. The minimum Gasteiger partial charge on any atom is -0.490 e. The van der Waals surface area contributed by atoms with Crippen LogP contribution >= 0.6 is 0 Å². The van der Waals surface area contributed by atoms with Crippen molar-refractivity contribution in [1.82, 2.24) is 4.90 Å². The number of benzene rings is 1. The molecule has 0 radical (unpaired) electrons. The molecule has 1 aromatic rings. The van der Waals surface area contributed by atoms with Crippen molar-refractivity contribution in [3.63, 3.8) is 0 Å². The number of piperidine rings is 1. The van der Waals surface area contributed by atoms with Crippen LogP contribution in [0.15, 0.2) is 24.3 Å². The standard InChI is InChI=1S/C16H23NO3/c1-3-19-14-6-4-5-7-15(14)20-12-16(18)17-10-8-13(2)9-11-17/h4-7,13H,3,8-12H2,1-2H3. The maximum Gasteiger partial charge on any atom is 0.260 e. The van der Waals surface area contributed by atoms with Gasteiger partial charge in [-0.1, -0.05) is 19.1 Å². The molecule has 0 atom stereocenters. The fourth-order valence-corrected chi connectivity index (χ4v) is 2.33. The van der Waals surface area contributed by atoms with Gasteiger partial charge in [-0.3, -0.25) is 4.79 Å². The van der Waals surface area contributed by atoms with Gasteiger partial charge in [-0.25, -0.2) is 0 Å². The van der Waals surface area contributed by atoms with Crippen molar-refractivity contribution in [2.75, 3.05) is 26.3 Å². The summed E-state index contributed by atoms with van der Waals surface area (Å²) in [5.41, 5.74) is 0. The molecule has 0 aromatic heterocycles. The smallest absolute Gasteiger partial charge is 0.260 e. The van der Waals surface area contributed by atoms with Gasteiger partial charge in [0.05, 0.1) is 6.61 Å². The van der Waals surface area contributed by atoms with Gasteiger partial charge in [-0.15, -0.1) is 0 Å². The van der Waals surface area contributed by atoms with Gasteiger partial charge in [0, 0.05) is 13.1 Å². The van der Waals surface area contributed by atoms with Crippen LogP contribution in [0.3, 0.4) is 0 Å². The molecule has 0 N–H and O–H groups in total. The lowest BCUT2D eigenvalue weighted by Gasteiger charge is -2.30. The van der Waals surface area contributed by atoms with Crippen LogP contribution < -0.4 is 9.47 Å². The second kappa shape index (κ2) is 7.17. The van der Waals surface area contributed by atoms with Gasteiger partial charge in [0.2, 0.25) is 0 Å². The zero-order valence-electron chi connectivity index (χ0n) is 12.3. The molecule has 0 bridgehead atoms. The number of para-hydroxylation sites is 2. The molecule has 4 heteroatoms. The van der Waals surface area contributed by atoms with Crippen molar-refractivity contribution < 1.29 is 14.3 Å². The van der Waals surface area contributed by atoms with E-state index in [1.165, 1.54) is 0 Å². The third-order valence-corrected chi connectivity index (χ3v) is 3.64. The van der Waals surface area contributed by atoms with Crippen molar-refractivity contribution in [2.24, 2.45) is 5.92 Å². The van der Waals surface area contributed by atoms with Crippen LogP contribution in [0.2, 0.25) is 0 Å². The minimum atomic E-state index is 0.0585. The van der Waals surface area contributed by atoms with Gasteiger partial charge in [-0.05, 0) is 37.8 Å². The van der Waals surface area contributed by atoms with Crippen molar-refractivity contribution >= 4 is 5.91 Å². The lowest BCUT2D eigenvalue weighted by molar-refractivity contribution is -0.134. The first-order valence-corrected chi connectivity index (χ1v) is 7.33. The first-order valence-electron chi connectivity index (χ1n) is 7.33. The number of carbonyl (C=O) groups excluding carboxylic acids is 1. The molecule has 1 heterocycles. The maximum atomic E-state index is 12.1. The van der Waals surface area contributed by atoms with E-state index in [9.17, 15) is 4.79 Å². The lowest BCUT2D eigenvalue weighted by atomic mass is 9.99. The number of carbonyl (C=O) groups is 1. The van der Waals surface area contributed by atoms with Crippen molar-refractivity contribution in [3.8, 4) is 11.5 Å². The molecule has 1 saturated heterocycles. The summed E-state index contributed by atoms with van der Waals surface area (Å²) in [4.78, 5) is 14.0. The Morgan fingerprint density at radius 2 is 1.80 bits per heavy atom. The third-order valence-electron chi connectivity index (χ3n) is 3.64. The fraction of sp³-hybridized carbons (Fsp3) is 0.562. The number of ether oxygens (including phenoxy) is 2. The van der Waals surface area contributed by atoms with Crippen LogP contribution in [0.1, 0.15) is 26.7 Å². The number of hydrogen-bond acceptors (Lipinski definition) is 3. The molecule has 4 nitrogen and oxygen atoms in total. The molecular formula is C16H23NO3. The molecule has 0 unspecified atom stereocenters. The summed E-state index contributed by atoms with van der Waals surface area (Å²) in [7, 11) is 0. The van der Waals surface area contributed by atoms with Gasteiger partial charge in [0.1, 0.15) is 0 Å². The Hall–Kier alpha value is -1.71. The molecule has 2 rings (SSSR count). The molecule has 0 saturated carbocycles. The Morgan fingerprint density at radius 3 is 2.40 bits per heavy atom. The zero-order valence-corrected chi connectivity index (χ0v) is 12.3. The van der Waals surface area contributed by atoms with E-state index in [2.05, 4.69) is 6.92 Å². The summed E-state index contributed by atoms with van der Waals surface area (Å²) in [6, 6.07) is 7.46. The molecule has 0 spiro atoms. The summed E-state index contributed by atoms with van der Waals surface area (Å²) in [5.74, 6) is 2.10. The summed E-state index contributed by atoms with van der Waals surface area (Å²) in [6.45, 7) is 6.51. The van der Waals surface area contributed by atoms with Gasteiger partial charge < -0.3 is 14.4 Å². The first-order chi connectivity index (χ1) is 9.70. The normalized spacial score (nSPS) is 16.0. The summed E-state index contributed by atoms with van der Waals surface area (Å²) in [5, 5.41) is 0. The second-order valence-electron chi connectivity index (χ2n) is 5.23. The van der Waals surface area contributed by atoms with E-state index in [0.717, 1.165) is 31.8 Å². The van der Waals surface area contributed by atoms with Gasteiger partial charge in [0.15, 0.2) is 18.1 Å². The van der Waals surface area contributed by atoms with Crippen molar-refractivity contribution in [2.45, 2.75) is 26.7 Å². The number of hydrogen-bond donors (Lipinski definition) is 0. The molecule has 20 heavy (non-hydrogen) atoms. The van der Waals surface area contributed by atoms with Crippen LogP contribution in [0.4, 0.5) is 0 Å². The Balaban J connectivity index is 1.87. The Bertz CT molecular complexity index is 439. The zero-order chi connectivity index (χ0) is 14.4. The highest BCUT2D eigenvalue weighted by Gasteiger charge is 2.20. The fourth-order valence-electron chi connectivity index (χ4n) is 2.33. The molecule has 0 aliphatic carbocycles. The molecule has 1 aliphatic rings. The monoisotopic (exact) mass is 277 g/mol. The Labute approximate surface area is 120 Å². The van der Waals surface area contributed by atoms with E-state index in [1.807, 2.05) is 36.1 Å². The average Bonchev–Trinajstić information content (AvgIpc) is 2.47. The van der Waals surface area contributed by atoms with Crippen LogP contribution in [0, 0.1) is 5.92 Å². The summed E-state index contributed by atoms with van der Waals surface area (Å²) < 4.78 is 11.1. The number of rotatable bonds is 5. The predicted octanol–water partition coefficient (Wildman–Crippen LogP) is 2.72. The molecule has 110 valence electrons. The number of amides is 1. The van der Waals surface area contributed by atoms with E-state index >= 15 is 0 Å². The van der Waals surface area contributed by atoms with Gasteiger partial charge in [0.25, 0.3) is 5.91 Å². The highest BCUT2D eigenvalue weighted by Crippen LogP contribution is 2.26. The van der Waals surface area contributed by atoms with E-state index < -0.39 is 0 Å². The maximum absolute atomic E-state index is 12.1. The quantitative estimate of drug-likeness (QED) is 0.830. The van der Waals surface area contributed by atoms with Crippen LogP contribution in [0.25, 0.3) is 0 Å². The van der Waals surface area contributed by atoms with Gasteiger partial charge >= 0.3 is 0 Å². The SMILES string of the molecule is CCOc1ccccc1OCC(=O)N1CCC(C)CC1. The summed E-state index contributed by atoms with van der Waals surface area (Å²) in [6.07, 6.45) is 2.17. The van der Waals surface area contributed by atoms with Crippen LogP contribution in [-0.4, -0.2) is 37.1 Å². The Kier molecular flexibility index (Phi) is 5.27. The van der Waals surface area contributed by atoms with Crippen molar-refractivity contribution in [1.29, 1.82) is 0 Å². The Morgan fingerprint density at radius 1 is 1.20 bits per heavy atom.